The Morgan fingerprint density at radius 2 is 2.05 bits per heavy atom. The first kappa shape index (κ1) is 12.3. The number of hydrogen-bond donors (Lipinski definition) is 1. The molecule has 0 saturated heterocycles. The summed E-state index contributed by atoms with van der Waals surface area (Å²) in [4.78, 5) is 30.2. The average molecular weight is 264 g/mol. The third-order valence-corrected chi connectivity index (χ3v) is 3.13. The van der Waals surface area contributed by atoms with Gasteiger partial charge >= 0.3 is 0 Å². The van der Waals surface area contributed by atoms with Gasteiger partial charge in [-0.05, 0) is 41.3 Å². The van der Waals surface area contributed by atoms with Gasteiger partial charge in [-0.1, -0.05) is 6.07 Å². The lowest BCUT2D eigenvalue weighted by molar-refractivity contribution is 0.0993. The van der Waals surface area contributed by atoms with Gasteiger partial charge < -0.3 is 4.98 Å². The second-order valence-corrected chi connectivity index (χ2v) is 4.59. The minimum absolute atomic E-state index is 0.0334. The molecule has 0 atom stereocenters. The summed E-state index contributed by atoms with van der Waals surface area (Å²) in [5, 5.41) is 0.849. The molecule has 0 radical (unpaired) electrons. The molecule has 0 spiro atoms. The summed E-state index contributed by atoms with van der Waals surface area (Å²) in [6, 6.07) is 12.2. The van der Waals surface area contributed by atoms with Crippen LogP contribution in [-0.2, 0) is 6.42 Å². The second kappa shape index (κ2) is 5.09. The van der Waals surface area contributed by atoms with Crippen molar-refractivity contribution in [2.75, 3.05) is 0 Å². The van der Waals surface area contributed by atoms with Gasteiger partial charge in [-0.3, -0.25) is 14.6 Å². The van der Waals surface area contributed by atoms with Gasteiger partial charge in [0.2, 0.25) is 5.56 Å². The van der Waals surface area contributed by atoms with Gasteiger partial charge in [0.25, 0.3) is 0 Å². The van der Waals surface area contributed by atoms with E-state index in [0.29, 0.717) is 12.0 Å². The molecule has 2 heterocycles. The van der Waals surface area contributed by atoms with E-state index in [1.54, 1.807) is 36.7 Å². The van der Waals surface area contributed by atoms with Crippen molar-refractivity contribution in [2.45, 2.75) is 6.42 Å². The fourth-order valence-corrected chi connectivity index (χ4v) is 2.12. The van der Waals surface area contributed by atoms with Crippen LogP contribution in [0.15, 0.2) is 59.7 Å². The highest BCUT2D eigenvalue weighted by atomic mass is 16.1. The number of H-pyrrole nitrogens is 1. The number of benzene rings is 1. The standard InChI is InChI=1S/C16H12N2O2/c19-15(8-11-2-1-7-17-10-11)13-3-5-14-12(9-13)4-6-16(20)18-14/h1-7,9-10H,8H2,(H,18,20). The predicted octanol–water partition coefficient (Wildman–Crippen LogP) is 2.35. The minimum atomic E-state index is -0.146. The quantitative estimate of drug-likeness (QED) is 0.738. The zero-order valence-electron chi connectivity index (χ0n) is 10.7. The number of fused-ring (bicyclic) bond motifs is 1. The van der Waals surface area contributed by atoms with E-state index in [-0.39, 0.29) is 11.3 Å². The van der Waals surface area contributed by atoms with E-state index in [9.17, 15) is 9.59 Å². The SMILES string of the molecule is O=C(Cc1cccnc1)c1ccc2[nH]c(=O)ccc2c1. The topological polar surface area (TPSA) is 62.8 Å². The zero-order valence-corrected chi connectivity index (χ0v) is 10.7. The molecule has 3 aromatic rings. The fraction of sp³-hybridized carbons (Fsp3) is 0.0625. The van der Waals surface area contributed by atoms with Crippen LogP contribution in [0.3, 0.4) is 0 Å². The summed E-state index contributed by atoms with van der Waals surface area (Å²) < 4.78 is 0. The number of Topliss-reactive ketones (excluding diaryl/α,β-unsaturated/α-hetero) is 1. The molecule has 1 aromatic carbocycles. The Balaban J connectivity index is 1.92. The molecule has 2 aromatic heterocycles. The van der Waals surface area contributed by atoms with Crippen molar-refractivity contribution in [3.8, 4) is 0 Å². The van der Waals surface area contributed by atoms with Gasteiger partial charge in [0, 0.05) is 36.0 Å². The molecule has 0 aliphatic carbocycles. The zero-order chi connectivity index (χ0) is 13.9. The van der Waals surface area contributed by atoms with Crippen LogP contribution in [0.1, 0.15) is 15.9 Å². The summed E-state index contributed by atoms with van der Waals surface area (Å²) >= 11 is 0. The van der Waals surface area contributed by atoms with Gasteiger partial charge in [0.1, 0.15) is 0 Å². The van der Waals surface area contributed by atoms with Crippen LogP contribution < -0.4 is 5.56 Å². The normalized spacial score (nSPS) is 10.6. The first-order valence-corrected chi connectivity index (χ1v) is 6.27. The van der Waals surface area contributed by atoms with Crippen molar-refractivity contribution in [1.29, 1.82) is 0 Å². The Hall–Kier alpha value is -2.75. The van der Waals surface area contributed by atoms with E-state index in [0.717, 1.165) is 16.5 Å². The van der Waals surface area contributed by atoms with Crippen LogP contribution >= 0.6 is 0 Å². The fourth-order valence-electron chi connectivity index (χ4n) is 2.12. The number of rotatable bonds is 3. The Labute approximate surface area is 115 Å². The van der Waals surface area contributed by atoms with E-state index in [1.807, 2.05) is 12.1 Å². The van der Waals surface area contributed by atoms with Crippen LogP contribution in [-0.4, -0.2) is 15.8 Å². The predicted molar refractivity (Wildman–Crippen MR) is 76.8 cm³/mol. The molecular formula is C16H12N2O2. The Kier molecular flexibility index (Phi) is 3.13. The first-order valence-electron chi connectivity index (χ1n) is 6.27. The Morgan fingerprint density at radius 1 is 1.15 bits per heavy atom. The second-order valence-electron chi connectivity index (χ2n) is 4.59. The number of aromatic amines is 1. The van der Waals surface area contributed by atoms with Gasteiger partial charge in [-0.25, -0.2) is 0 Å². The molecule has 0 saturated carbocycles. The molecular weight excluding hydrogens is 252 g/mol. The van der Waals surface area contributed by atoms with Crippen molar-refractivity contribution in [1.82, 2.24) is 9.97 Å². The highest BCUT2D eigenvalue weighted by Gasteiger charge is 2.08. The highest BCUT2D eigenvalue weighted by molar-refractivity contribution is 6.00. The molecule has 0 amide bonds. The molecule has 4 heteroatoms. The average Bonchev–Trinajstić information content (AvgIpc) is 2.47. The number of pyridine rings is 2. The van der Waals surface area contributed by atoms with Crippen molar-refractivity contribution in [3.05, 3.63) is 76.3 Å². The lowest BCUT2D eigenvalue weighted by Gasteiger charge is -2.03. The molecule has 3 rings (SSSR count). The first-order chi connectivity index (χ1) is 9.72. The Bertz CT molecular complexity index is 823. The van der Waals surface area contributed by atoms with Crippen LogP contribution in [0.4, 0.5) is 0 Å². The molecule has 98 valence electrons. The maximum atomic E-state index is 12.2. The molecule has 1 N–H and O–H groups in total. The van der Waals surface area contributed by atoms with Crippen LogP contribution in [0.2, 0.25) is 0 Å². The molecule has 0 aliphatic heterocycles. The summed E-state index contributed by atoms with van der Waals surface area (Å²) in [5.41, 5.74) is 2.11. The molecule has 0 unspecified atom stereocenters. The van der Waals surface area contributed by atoms with E-state index < -0.39 is 0 Å². The van der Waals surface area contributed by atoms with Crippen molar-refractivity contribution in [3.63, 3.8) is 0 Å². The Morgan fingerprint density at radius 3 is 2.85 bits per heavy atom. The van der Waals surface area contributed by atoms with Gasteiger partial charge in [0.15, 0.2) is 5.78 Å². The largest absolute Gasteiger partial charge is 0.322 e. The maximum absolute atomic E-state index is 12.2. The van der Waals surface area contributed by atoms with Gasteiger partial charge in [-0.15, -0.1) is 0 Å². The van der Waals surface area contributed by atoms with Crippen molar-refractivity contribution in [2.24, 2.45) is 0 Å². The third kappa shape index (κ3) is 2.49. The number of nitrogens with zero attached hydrogens (tertiary/aromatic N) is 1. The van der Waals surface area contributed by atoms with E-state index in [4.69, 9.17) is 0 Å². The lowest BCUT2D eigenvalue weighted by atomic mass is 10.0. The van der Waals surface area contributed by atoms with E-state index in [2.05, 4.69) is 9.97 Å². The molecule has 0 fully saturated rings. The molecule has 0 aliphatic rings. The third-order valence-electron chi connectivity index (χ3n) is 3.13. The molecule has 0 bridgehead atoms. The summed E-state index contributed by atoms with van der Waals surface area (Å²) in [6.45, 7) is 0. The number of carbonyl (C=O) groups excluding carboxylic acids is 1. The van der Waals surface area contributed by atoms with Gasteiger partial charge in [-0.2, -0.15) is 0 Å². The monoisotopic (exact) mass is 264 g/mol. The van der Waals surface area contributed by atoms with Gasteiger partial charge in [0.05, 0.1) is 0 Å². The minimum Gasteiger partial charge on any atom is -0.322 e. The summed E-state index contributed by atoms with van der Waals surface area (Å²) in [5.74, 6) is 0.0334. The maximum Gasteiger partial charge on any atom is 0.248 e. The summed E-state index contributed by atoms with van der Waals surface area (Å²) in [7, 11) is 0. The smallest absolute Gasteiger partial charge is 0.248 e. The number of aromatic nitrogens is 2. The van der Waals surface area contributed by atoms with Crippen LogP contribution in [0.5, 0.6) is 0 Å². The van der Waals surface area contributed by atoms with Crippen LogP contribution in [0, 0.1) is 0 Å². The number of carbonyl (C=O) groups is 1. The number of nitrogens with one attached hydrogen (secondary N) is 1. The number of ketones is 1. The van der Waals surface area contributed by atoms with E-state index >= 15 is 0 Å². The lowest BCUT2D eigenvalue weighted by Crippen LogP contribution is -2.05. The van der Waals surface area contributed by atoms with Crippen molar-refractivity contribution >= 4 is 16.7 Å². The van der Waals surface area contributed by atoms with Crippen LogP contribution in [0.25, 0.3) is 10.9 Å². The summed E-state index contributed by atoms with van der Waals surface area (Å²) in [6.07, 6.45) is 3.69. The molecule has 20 heavy (non-hydrogen) atoms. The highest BCUT2D eigenvalue weighted by Crippen LogP contribution is 2.14. The van der Waals surface area contributed by atoms with Crippen molar-refractivity contribution < 1.29 is 4.79 Å². The molecule has 4 nitrogen and oxygen atoms in total. The number of hydrogen-bond acceptors (Lipinski definition) is 3. The van der Waals surface area contributed by atoms with E-state index in [1.165, 1.54) is 6.07 Å².